The molecule has 148 valence electrons. The van der Waals surface area contributed by atoms with Crippen molar-refractivity contribution in [3.63, 3.8) is 0 Å². The quantitative estimate of drug-likeness (QED) is 0.720. The molecule has 1 aliphatic heterocycles. The molecule has 1 aliphatic rings. The normalized spacial score (nSPS) is 27.0. The summed E-state index contributed by atoms with van der Waals surface area (Å²) in [7, 11) is 0. The predicted molar refractivity (Wildman–Crippen MR) is 105 cm³/mol. The van der Waals surface area contributed by atoms with Crippen molar-refractivity contribution >= 4 is 11.9 Å². The lowest BCUT2D eigenvalue weighted by atomic mass is 9.79. The Morgan fingerprint density at radius 2 is 1.32 bits per heavy atom. The van der Waals surface area contributed by atoms with Crippen LogP contribution in [0.3, 0.4) is 0 Å². The number of ether oxygens (including phenoxy) is 3. The SMILES string of the molecule is CC1C(COC(=O)c2ccccc2)OC(OC(=O)c2ccccc2)C(C)C1C. The third-order valence-corrected chi connectivity index (χ3v) is 5.60. The average Bonchev–Trinajstić information content (AvgIpc) is 2.74. The number of esters is 2. The highest BCUT2D eigenvalue weighted by molar-refractivity contribution is 5.89. The molecule has 0 N–H and O–H groups in total. The van der Waals surface area contributed by atoms with E-state index in [1.807, 2.05) is 19.1 Å². The molecule has 5 atom stereocenters. The Morgan fingerprint density at radius 3 is 1.89 bits per heavy atom. The number of carbonyl (C=O) groups is 2. The van der Waals surface area contributed by atoms with Crippen molar-refractivity contribution in [3.05, 3.63) is 71.8 Å². The molecule has 0 aliphatic carbocycles. The van der Waals surface area contributed by atoms with Gasteiger partial charge in [0.15, 0.2) is 0 Å². The maximum absolute atomic E-state index is 12.4. The Balaban J connectivity index is 1.63. The Hall–Kier alpha value is -2.66. The first-order valence-electron chi connectivity index (χ1n) is 9.61. The molecule has 2 aromatic rings. The zero-order chi connectivity index (χ0) is 20.1. The van der Waals surface area contributed by atoms with Crippen LogP contribution in [0.1, 0.15) is 41.5 Å². The van der Waals surface area contributed by atoms with Gasteiger partial charge in [-0.3, -0.25) is 0 Å². The first-order chi connectivity index (χ1) is 13.5. The van der Waals surface area contributed by atoms with Crippen LogP contribution < -0.4 is 0 Å². The van der Waals surface area contributed by atoms with Crippen molar-refractivity contribution in [3.8, 4) is 0 Å². The highest BCUT2D eigenvalue weighted by Gasteiger charge is 2.41. The molecule has 0 saturated carbocycles. The molecule has 5 heteroatoms. The predicted octanol–water partition coefficient (Wildman–Crippen LogP) is 4.33. The van der Waals surface area contributed by atoms with Crippen LogP contribution in [0, 0.1) is 17.8 Å². The van der Waals surface area contributed by atoms with Crippen molar-refractivity contribution in [2.75, 3.05) is 6.61 Å². The zero-order valence-corrected chi connectivity index (χ0v) is 16.4. The molecule has 1 saturated heterocycles. The largest absolute Gasteiger partial charge is 0.459 e. The molecular formula is C23H26O5. The summed E-state index contributed by atoms with van der Waals surface area (Å²) in [6, 6.07) is 17.7. The van der Waals surface area contributed by atoms with Gasteiger partial charge in [0.1, 0.15) is 6.61 Å². The molecule has 0 amide bonds. The van der Waals surface area contributed by atoms with Crippen LogP contribution in [-0.2, 0) is 14.2 Å². The van der Waals surface area contributed by atoms with E-state index in [2.05, 4.69) is 13.8 Å². The summed E-state index contributed by atoms with van der Waals surface area (Å²) in [4.78, 5) is 24.6. The fourth-order valence-electron chi connectivity index (χ4n) is 3.37. The summed E-state index contributed by atoms with van der Waals surface area (Å²) in [6.07, 6.45) is -1.02. The van der Waals surface area contributed by atoms with Gasteiger partial charge in [-0.2, -0.15) is 0 Å². The van der Waals surface area contributed by atoms with E-state index in [9.17, 15) is 9.59 Å². The van der Waals surface area contributed by atoms with Crippen LogP contribution in [-0.4, -0.2) is 30.9 Å². The summed E-state index contributed by atoms with van der Waals surface area (Å²) < 4.78 is 17.1. The van der Waals surface area contributed by atoms with Gasteiger partial charge in [-0.05, 0) is 36.1 Å². The molecule has 3 rings (SSSR count). The third-order valence-electron chi connectivity index (χ3n) is 5.60. The van der Waals surface area contributed by atoms with Crippen molar-refractivity contribution in [2.45, 2.75) is 33.2 Å². The van der Waals surface area contributed by atoms with E-state index in [-0.39, 0.29) is 36.4 Å². The van der Waals surface area contributed by atoms with Gasteiger partial charge in [-0.25, -0.2) is 9.59 Å². The number of benzene rings is 2. The summed E-state index contributed by atoms with van der Waals surface area (Å²) in [5.41, 5.74) is 0.982. The van der Waals surface area contributed by atoms with E-state index in [1.165, 1.54) is 0 Å². The van der Waals surface area contributed by atoms with Crippen molar-refractivity contribution in [1.82, 2.24) is 0 Å². The van der Waals surface area contributed by atoms with Crippen LogP contribution in [0.15, 0.2) is 60.7 Å². The smallest absolute Gasteiger partial charge is 0.340 e. The molecule has 28 heavy (non-hydrogen) atoms. The second-order valence-corrected chi connectivity index (χ2v) is 7.36. The Kier molecular flexibility index (Phi) is 6.47. The lowest BCUT2D eigenvalue weighted by Crippen LogP contribution is -2.48. The second kappa shape index (κ2) is 9.02. The highest BCUT2D eigenvalue weighted by Crippen LogP contribution is 2.36. The van der Waals surface area contributed by atoms with E-state index in [1.54, 1.807) is 48.5 Å². The number of carbonyl (C=O) groups excluding carboxylic acids is 2. The Bertz CT molecular complexity index is 787. The summed E-state index contributed by atoms with van der Waals surface area (Å²) in [6.45, 7) is 6.30. The lowest BCUT2D eigenvalue weighted by Gasteiger charge is -2.42. The van der Waals surface area contributed by atoms with E-state index in [4.69, 9.17) is 14.2 Å². The van der Waals surface area contributed by atoms with Gasteiger partial charge in [-0.1, -0.05) is 57.2 Å². The topological polar surface area (TPSA) is 61.8 Å². The molecule has 0 radical (unpaired) electrons. The number of hydrogen-bond donors (Lipinski definition) is 0. The molecule has 0 bridgehead atoms. The van der Waals surface area contributed by atoms with Crippen LogP contribution in [0.4, 0.5) is 0 Å². The first-order valence-corrected chi connectivity index (χ1v) is 9.61. The van der Waals surface area contributed by atoms with Gasteiger partial charge in [0.25, 0.3) is 0 Å². The highest BCUT2D eigenvalue weighted by atomic mass is 16.7. The summed E-state index contributed by atoms with van der Waals surface area (Å²) >= 11 is 0. The Labute approximate surface area is 165 Å². The van der Waals surface area contributed by atoms with E-state index in [0.717, 1.165) is 0 Å². The van der Waals surface area contributed by atoms with Gasteiger partial charge in [-0.15, -0.1) is 0 Å². The maximum atomic E-state index is 12.4. The van der Waals surface area contributed by atoms with Crippen molar-refractivity contribution < 1.29 is 23.8 Å². The maximum Gasteiger partial charge on any atom is 0.340 e. The fourth-order valence-corrected chi connectivity index (χ4v) is 3.37. The Morgan fingerprint density at radius 1 is 0.786 bits per heavy atom. The molecule has 2 aromatic carbocycles. The van der Waals surface area contributed by atoms with Gasteiger partial charge in [0.05, 0.1) is 17.2 Å². The fraction of sp³-hybridized carbons (Fsp3) is 0.391. The average molecular weight is 382 g/mol. The molecule has 0 spiro atoms. The standard InChI is InChI=1S/C23H26O5/c1-15-16(2)20(14-26-21(24)18-10-6-4-7-11-18)27-23(17(15)3)28-22(25)19-12-8-5-9-13-19/h4-13,15-17,20,23H,14H2,1-3H3. The molecule has 0 aromatic heterocycles. The second-order valence-electron chi connectivity index (χ2n) is 7.36. The van der Waals surface area contributed by atoms with E-state index >= 15 is 0 Å². The number of rotatable bonds is 5. The van der Waals surface area contributed by atoms with Crippen LogP contribution >= 0.6 is 0 Å². The number of hydrogen-bond acceptors (Lipinski definition) is 5. The van der Waals surface area contributed by atoms with Gasteiger partial charge < -0.3 is 14.2 Å². The lowest BCUT2D eigenvalue weighted by molar-refractivity contribution is -0.231. The minimum atomic E-state index is -0.681. The van der Waals surface area contributed by atoms with E-state index < -0.39 is 12.3 Å². The van der Waals surface area contributed by atoms with Gasteiger partial charge in [0, 0.05) is 5.92 Å². The van der Waals surface area contributed by atoms with Crippen LogP contribution in [0.25, 0.3) is 0 Å². The first kappa shape index (κ1) is 20.1. The molecule has 5 unspecified atom stereocenters. The van der Waals surface area contributed by atoms with Crippen molar-refractivity contribution in [1.29, 1.82) is 0 Å². The molecule has 1 fully saturated rings. The van der Waals surface area contributed by atoms with Crippen molar-refractivity contribution in [2.24, 2.45) is 17.8 Å². The van der Waals surface area contributed by atoms with Crippen LogP contribution in [0.5, 0.6) is 0 Å². The van der Waals surface area contributed by atoms with Gasteiger partial charge >= 0.3 is 11.9 Å². The van der Waals surface area contributed by atoms with Gasteiger partial charge in [0.2, 0.25) is 6.29 Å². The minimum absolute atomic E-state index is 0.0312. The molecular weight excluding hydrogens is 356 g/mol. The molecule has 5 nitrogen and oxygen atoms in total. The van der Waals surface area contributed by atoms with E-state index in [0.29, 0.717) is 11.1 Å². The zero-order valence-electron chi connectivity index (χ0n) is 16.4. The third kappa shape index (κ3) is 4.60. The minimum Gasteiger partial charge on any atom is -0.459 e. The molecule has 1 heterocycles. The monoisotopic (exact) mass is 382 g/mol. The van der Waals surface area contributed by atoms with Crippen LogP contribution in [0.2, 0.25) is 0 Å². The summed E-state index contributed by atoms with van der Waals surface area (Å²) in [5, 5.41) is 0. The summed E-state index contributed by atoms with van der Waals surface area (Å²) in [5.74, 6) is -0.378.